The second-order valence-corrected chi connectivity index (χ2v) is 9.90. The molecule has 0 saturated carbocycles. The van der Waals surface area contributed by atoms with Gasteiger partial charge >= 0.3 is 0 Å². The van der Waals surface area contributed by atoms with Gasteiger partial charge in [-0.25, -0.2) is 8.42 Å². The topological polar surface area (TPSA) is 70.9 Å². The molecule has 1 heterocycles. The summed E-state index contributed by atoms with van der Waals surface area (Å²) in [6.07, 6.45) is 0. The molecule has 6 nitrogen and oxygen atoms in total. The molecule has 1 fully saturated rings. The average molecular weight is 417 g/mol. The van der Waals surface area contributed by atoms with Gasteiger partial charge in [0, 0.05) is 5.69 Å². The van der Waals surface area contributed by atoms with Gasteiger partial charge in [-0.1, -0.05) is 35.4 Å². The predicted octanol–water partition coefficient (Wildman–Crippen LogP) is 1.45. The molecule has 1 aliphatic heterocycles. The van der Waals surface area contributed by atoms with Crippen molar-refractivity contribution in [2.45, 2.75) is 32.6 Å². The summed E-state index contributed by atoms with van der Waals surface area (Å²) in [5.41, 5.74) is 5.19. The molecular weight excluding hydrogens is 386 g/mol. The second-order valence-electron chi connectivity index (χ2n) is 7.97. The van der Waals surface area contributed by atoms with Gasteiger partial charge in [-0.2, -0.15) is 4.31 Å². The van der Waals surface area contributed by atoms with E-state index in [4.69, 9.17) is 0 Å². The van der Waals surface area contributed by atoms with E-state index in [9.17, 15) is 13.2 Å². The van der Waals surface area contributed by atoms with E-state index in [1.54, 1.807) is 12.1 Å². The maximum Gasteiger partial charge on any atom is 0.279 e. The number of amides is 1. The lowest BCUT2D eigenvalue weighted by molar-refractivity contribution is -0.895. The summed E-state index contributed by atoms with van der Waals surface area (Å²) in [5.74, 6) is -0.0371. The van der Waals surface area contributed by atoms with E-state index in [1.165, 1.54) is 9.87 Å². The Labute approximate surface area is 173 Å². The minimum Gasteiger partial charge on any atom is -0.325 e. The highest BCUT2D eigenvalue weighted by Crippen LogP contribution is 2.21. The predicted molar refractivity (Wildman–Crippen MR) is 115 cm³/mol. The molecule has 3 rings (SSSR count). The van der Waals surface area contributed by atoms with E-state index in [-0.39, 0.29) is 5.91 Å². The van der Waals surface area contributed by atoms with Crippen molar-refractivity contribution in [2.24, 2.45) is 0 Å². The summed E-state index contributed by atoms with van der Waals surface area (Å²) in [4.78, 5) is 14.0. The molecule has 29 heavy (non-hydrogen) atoms. The highest BCUT2D eigenvalue weighted by Gasteiger charge is 2.31. The monoisotopic (exact) mass is 416 g/mol. The number of sulfonamides is 1. The third kappa shape index (κ3) is 5.04. The lowest BCUT2D eigenvalue weighted by Crippen LogP contribution is -3.15. The Hall–Kier alpha value is -2.22. The zero-order chi connectivity index (χ0) is 21.2. The van der Waals surface area contributed by atoms with Crippen LogP contribution in [0.25, 0.3) is 0 Å². The Morgan fingerprint density at radius 2 is 1.52 bits per heavy atom. The normalized spacial score (nSPS) is 16.0. The van der Waals surface area contributed by atoms with Crippen LogP contribution in [0.2, 0.25) is 0 Å². The number of nitrogens with one attached hydrogen (secondary N) is 2. The van der Waals surface area contributed by atoms with Crippen molar-refractivity contribution in [3.05, 3.63) is 58.7 Å². The van der Waals surface area contributed by atoms with Crippen LogP contribution in [0.5, 0.6) is 0 Å². The summed E-state index contributed by atoms with van der Waals surface area (Å²) in [6.45, 7) is 10.4. The Balaban J connectivity index is 1.57. The number of carbonyl (C=O) groups excluding carboxylic acids is 1. The van der Waals surface area contributed by atoms with Crippen LogP contribution in [-0.4, -0.2) is 51.4 Å². The number of nitrogens with zero attached hydrogens (tertiary/aromatic N) is 1. The van der Waals surface area contributed by atoms with E-state index >= 15 is 0 Å². The first-order valence-corrected chi connectivity index (χ1v) is 11.4. The smallest absolute Gasteiger partial charge is 0.279 e. The number of hydrogen-bond donors (Lipinski definition) is 2. The van der Waals surface area contributed by atoms with Gasteiger partial charge in [-0.15, -0.1) is 0 Å². The Bertz CT molecular complexity index is 969. The first kappa shape index (κ1) is 21.5. The molecule has 0 unspecified atom stereocenters. The molecule has 7 heteroatoms. The van der Waals surface area contributed by atoms with Gasteiger partial charge in [0.05, 0.1) is 31.1 Å². The fourth-order valence-electron chi connectivity index (χ4n) is 3.87. The standard InChI is InChI=1S/C22H29N3O3S/c1-16-5-7-20(8-6-16)29(27,28)25-11-9-24(10-12-25)15-21(26)23-22-18(3)13-17(2)14-19(22)4/h5-8,13-14H,9-12,15H2,1-4H3,(H,23,26)/p+1. The summed E-state index contributed by atoms with van der Waals surface area (Å²) in [6, 6.07) is 11.1. The van der Waals surface area contributed by atoms with Crippen LogP contribution in [0.1, 0.15) is 22.3 Å². The Morgan fingerprint density at radius 1 is 0.966 bits per heavy atom. The number of piperazine rings is 1. The maximum atomic E-state index is 12.8. The highest BCUT2D eigenvalue weighted by atomic mass is 32.2. The minimum atomic E-state index is -3.48. The second kappa shape index (κ2) is 8.65. The summed E-state index contributed by atoms with van der Waals surface area (Å²) in [7, 11) is -3.48. The van der Waals surface area contributed by atoms with Gasteiger partial charge in [-0.3, -0.25) is 4.79 Å². The van der Waals surface area contributed by atoms with Crippen LogP contribution in [0, 0.1) is 27.7 Å². The first-order valence-electron chi connectivity index (χ1n) is 9.95. The van der Waals surface area contributed by atoms with Crippen LogP contribution < -0.4 is 10.2 Å². The van der Waals surface area contributed by atoms with Gasteiger partial charge in [-0.05, 0) is 51.0 Å². The number of benzene rings is 2. The molecule has 2 aromatic carbocycles. The van der Waals surface area contributed by atoms with Crippen molar-refractivity contribution in [3.63, 3.8) is 0 Å². The zero-order valence-corrected chi connectivity index (χ0v) is 18.4. The molecule has 2 N–H and O–H groups in total. The number of hydrogen-bond acceptors (Lipinski definition) is 3. The Morgan fingerprint density at radius 3 is 2.07 bits per heavy atom. The molecule has 156 valence electrons. The van der Waals surface area contributed by atoms with Crippen molar-refractivity contribution < 1.29 is 18.1 Å². The molecule has 1 amide bonds. The van der Waals surface area contributed by atoms with Crippen molar-refractivity contribution in [1.29, 1.82) is 0 Å². The summed E-state index contributed by atoms with van der Waals surface area (Å²) >= 11 is 0. The quantitative estimate of drug-likeness (QED) is 0.775. The minimum absolute atomic E-state index is 0.0371. The van der Waals surface area contributed by atoms with Crippen LogP contribution >= 0.6 is 0 Å². The lowest BCUT2D eigenvalue weighted by Gasteiger charge is -2.31. The molecule has 0 aromatic heterocycles. The fraction of sp³-hybridized carbons (Fsp3) is 0.409. The molecule has 0 atom stereocenters. The van der Waals surface area contributed by atoms with Crippen molar-refractivity contribution in [2.75, 3.05) is 38.0 Å². The van der Waals surface area contributed by atoms with Crippen LogP contribution in [-0.2, 0) is 14.8 Å². The number of anilines is 1. The van der Waals surface area contributed by atoms with E-state index in [1.807, 2.05) is 39.8 Å². The van der Waals surface area contributed by atoms with Crippen molar-refractivity contribution >= 4 is 21.6 Å². The van der Waals surface area contributed by atoms with Gasteiger partial charge in [0.1, 0.15) is 0 Å². The van der Waals surface area contributed by atoms with Gasteiger partial charge < -0.3 is 10.2 Å². The van der Waals surface area contributed by atoms with Gasteiger partial charge in [0.15, 0.2) is 6.54 Å². The molecule has 1 saturated heterocycles. The molecule has 2 aromatic rings. The molecular formula is C22H30N3O3S+. The molecule has 1 aliphatic rings. The lowest BCUT2D eigenvalue weighted by atomic mass is 10.1. The van der Waals surface area contributed by atoms with E-state index in [2.05, 4.69) is 17.4 Å². The number of aryl methyl sites for hydroxylation is 4. The number of rotatable bonds is 5. The zero-order valence-electron chi connectivity index (χ0n) is 17.6. The largest absolute Gasteiger partial charge is 0.325 e. The summed E-state index contributed by atoms with van der Waals surface area (Å²) in [5, 5.41) is 3.03. The molecule has 0 radical (unpaired) electrons. The fourth-order valence-corrected chi connectivity index (χ4v) is 5.31. The highest BCUT2D eigenvalue weighted by molar-refractivity contribution is 7.89. The Kier molecular flexibility index (Phi) is 6.41. The summed E-state index contributed by atoms with van der Waals surface area (Å²) < 4.78 is 27.1. The SMILES string of the molecule is Cc1ccc(S(=O)(=O)N2CC[NH+](CC(=O)Nc3c(C)cc(C)cc3C)CC2)cc1. The van der Waals surface area contributed by atoms with Crippen LogP contribution in [0.4, 0.5) is 5.69 Å². The third-order valence-corrected chi connectivity index (χ3v) is 7.35. The van der Waals surface area contributed by atoms with Crippen LogP contribution in [0.3, 0.4) is 0 Å². The maximum absolute atomic E-state index is 12.8. The van der Waals surface area contributed by atoms with Crippen molar-refractivity contribution in [3.8, 4) is 0 Å². The van der Waals surface area contributed by atoms with Gasteiger partial charge in [0.25, 0.3) is 5.91 Å². The molecule has 0 spiro atoms. The van der Waals surface area contributed by atoms with E-state index < -0.39 is 10.0 Å². The molecule has 0 aliphatic carbocycles. The third-order valence-electron chi connectivity index (χ3n) is 5.44. The van der Waals surface area contributed by atoms with E-state index in [0.29, 0.717) is 37.6 Å². The van der Waals surface area contributed by atoms with E-state index in [0.717, 1.165) is 27.3 Å². The first-order chi connectivity index (χ1) is 13.7. The van der Waals surface area contributed by atoms with Crippen molar-refractivity contribution in [1.82, 2.24) is 4.31 Å². The molecule has 0 bridgehead atoms. The number of quaternary nitrogens is 1. The average Bonchev–Trinajstić information content (AvgIpc) is 2.65. The number of carbonyl (C=O) groups is 1. The van der Waals surface area contributed by atoms with Crippen LogP contribution in [0.15, 0.2) is 41.3 Å². The van der Waals surface area contributed by atoms with Gasteiger partial charge in [0.2, 0.25) is 10.0 Å².